The summed E-state index contributed by atoms with van der Waals surface area (Å²) in [4.78, 5) is 20.9. The van der Waals surface area contributed by atoms with Crippen LogP contribution in [0.2, 0.25) is 5.15 Å². The highest BCUT2D eigenvalue weighted by molar-refractivity contribution is 6.29. The van der Waals surface area contributed by atoms with Crippen LogP contribution < -0.4 is 5.32 Å². The van der Waals surface area contributed by atoms with Crippen molar-refractivity contribution >= 4 is 17.7 Å². The van der Waals surface area contributed by atoms with Crippen molar-refractivity contribution in [1.29, 1.82) is 0 Å². The number of H-pyrrole nitrogens is 1. The van der Waals surface area contributed by atoms with E-state index >= 15 is 0 Å². The zero-order valence-corrected chi connectivity index (χ0v) is 13.3. The summed E-state index contributed by atoms with van der Waals surface area (Å²) in [5.74, 6) is 0.909. The molecule has 2 N–H and O–H groups in total. The molecule has 0 atom stereocenters. The second kappa shape index (κ2) is 7.09. The molecule has 0 amide bonds. The first-order chi connectivity index (χ1) is 11.6. The van der Waals surface area contributed by atoms with Crippen LogP contribution in [0.3, 0.4) is 0 Å². The smallest absolute Gasteiger partial charge is 0.309 e. The summed E-state index contributed by atoms with van der Waals surface area (Å²) >= 11 is 5.78. The fourth-order valence-electron chi connectivity index (χ4n) is 2.34. The lowest BCUT2D eigenvalue weighted by Gasteiger charge is -2.18. The summed E-state index contributed by atoms with van der Waals surface area (Å²) in [6.07, 6.45) is 5.92. The Morgan fingerprint density at radius 2 is 2.33 bits per heavy atom. The molecule has 1 aliphatic rings. The molecule has 0 bridgehead atoms. The molecule has 0 aromatic carbocycles. The molecule has 2 aromatic heterocycles. The van der Waals surface area contributed by atoms with E-state index in [1.807, 2.05) is 11.0 Å². The Labute approximate surface area is 142 Å². The van der Waals surface area contributed by atoms with E-state index in [4.69, 9.17) is 11.6 Å². The van der Waals surface area contributed by atoms with Gasteiger partial charge in [-0.1, -0.05) is 17.7 Å². The van der Waals surface area contributed by atoms with Gasteiger partial charge in [-0.2, -0.15) is 5.10 Å². The lowest BCUT2D eigenvalue weighted by molar-refractivity contribution is -0.421. The summed E-state index contributed by atoms with van der Waals surface area (Å²) in [5.41, 5.74) is 0.883. The van der Waals surface area contributed by atoms with Gasteiger partial charge in [-0.3, -0.25) is 15.2 Å². The topological polar surface area (TPSA) is 113 Å². The molecule has 0 aliphatic carbocycles. The van der Waals surface area contributed by atoms with Crippen molar-refractivity contribution in [3.8, 4) is 0 Å². The van der Waals surface area contributed by atoms with E-state index in [1.54, 1.807) is 12.3 Å². The van der Waals surface area contributed by atoms with Crippen molar-refractivity contribution < 1.29 is 4.92 Å². The molecule has 24 heavy (non-hydrogen) atoms. The lowest BCUT2D eigenvalue weighted by atomic mass is 10.2. The minimum atomic E-state index is -0.423. The van der Waals surface area contributed by atoms with E-state index in [9.17, 15) is 10.1 Å². The van der Waals surface area contributed by atoms with Crippen LogP contribution in [0.4, 0.5) is 0 Å². The Morgan fingerprint density at radius 3 is 3.00 bits per heavy atom. The van der Waals surface area contributed by atoms with Gasteiger partial charge in [-0.15, -0.1) is 0 Å². The van der Waals surface area contributed by atoms with Crippen molar-refractivity contribution in [2.75, 3.05) is 13.1 Å². The fourth-order valence-corrected chi connectivity index (χ4v) is 2.46. The predicted molar refractivity (Wildman–Crippen MR) is 87.1 cm³/mol. The number of allylic oxidation sites excluding steroid dienone is 1. The number of aromatic nitrogens is 4. The van der Waals surface area contributed by atoms with Crippen LogP contribution >= 0.6 is 11.6 Å². The number of pyridine rings is 1. The average Bonchev–Trinajstić information content (AvgIpc) is 3.22. The number of nitrogens with zero attached hydrogens (tertiary/aromatic N) is 5. The second-order valence-electron chi connectivity index (χ2n) is 5.03. The summed E-state index contributed by atoms with van der Waals surface area (Å²) in [6.45, 7) is 1.79. The molecular weight excluding hydrogens is 334 g/mol. The van der Waals surface area contributed by atoms with Crippen LogP contribution in [0.1, 0.15) is 11.4 Å². The van der Waals surface area contributed by atoms with Crippen LogP contribution in [0.15, 0.2) is 42.3 Å². The third-order valence-corrected chi connectivity index (χ3v) is 3.65. The Hall–Kier alpha value is -2.94. The van der Waals surface area contributed by atoms with Crippen LogP contribution in [0.5, 0.6) is 0 Å². The van der Waals surface area contributed by atoms with Crippen molar-refractivity contribution in [2.45, 2.75) is 6.54 Å². The number of hydrogen-bond acceptors (Lipinski definition) is 7. The van der Waals surface area contributed by atoms with E-state index in [0.29, 0.717) is 36.4 Å². The standard InChI is InChI=1S/C14H14ClN7O2/c15-12-3-1-10(7-17-12)8-21-6-5-16-14(21)11(22(23)24)2-4-13-18-9-19-20-13/h1-4,7,9,16H,5-6,8H2,(H,18,19,20)/b4-2+,14-11+. The summed E-state index contributed by atoms with van der Waals surface area (Å²) < 4.78 is 0. The molecule has 0 radical (unpaired) electrons. The first-order valence-electron chi connectivity index (χ1n) is 7.15. The lowest BCUT2D eigenvalue weighted by Crippen LogP contribution is -2.23. The SMILES string of the molecule is O=[N+]([O-])C(/C=C/c1ncn[nH]1)=C1\NCCN1Cc1ccc(Cl)nc1. The monoisotopic (exact) mass is 347 g/mol. The van der Waals surface area contributed by atoms with Gasteiger partial charge in [0.2, 0.25) is 0 Å². The van der Waals surface area contributed by atoms with Crippen LogP contribution in [0, 0.1) is 10.1 Å². The quantitative estimate of drug-likeness (QED) is 0.477. The van der Waals surface area contributed by atoms with E-state index in [0.717, 1.165) is 5.56 Å². The van der Waals surface area contributed by atoms with Gasteiger partial charge in [0.25, 0.3) is 0 Å². The molecule has 0 unspecified atom stereocenters. The van der Waals surface area contributed by atoms with Gasteiger partial charge < -0.3 is 10.2 Å². The maximum atomic E-state index is 11.4. The van der Waals surface area contributed by atoms with Crippen molar-refractivity contribution in [2.24, 2.45) is 0 Å². The highest BCUT2D eigenvalue weighted by Crippen LogP contribution is 2.18. The highest BCUT2D eigenvalue weighted by Gasteiger charge is 2.26. The molecule has 0 spiro atoms. The second-order valence-corrected chi connectivity index (χ2v) is 5.42. The molecular formula is C14H14ClN7O2. The number of nitrogens with one attached hydrogen (secondary N) is 2. The van der Waals surface area contributed by atoms with Crippen LogP contribution in [-0.2, 0) is 6.54 Å². The van der Waals surface area contributed by atoms with E-state index < -0.39 is 4.92 Å². The number of nitro groups is 1. The molecule has 2 aromatic rings. The van der Waals surface area contributed by atoms with E-state index in [1.165, 1.54) is 18.5 Å². The zero-order valence-electron chi connectivity index (χ0n) is 12.5. The van der Waals surface area contributed by atoms with Gasteiger partial charge in [-0.25, -0.2) is 9.97 Å². The maximum absolute atomic E-state index is 11.4. The number of aromatic amines is 1. The van der Waals surface area contributed by atoms with Gasteiger partial charge in [0.15, 0.2) is 5.82 Å². The minimum absolute atomic E-state index is 0.0363. The molecule has 1 fully saturated rings. The molecule has 0 saturated carbocycles. The van der Waals surface area contributed by atoms with Crippen molar-refractivity contribution in [3.05, 3.63) is 68.9 Å². The number of hydrogen-bond donors (Lipinski definition) is 2. The Bertz CT molecular complexity index is 771. The Kier molecular flexibility index (Phi) is 4.71. The van der Waals surface area contributed by atoms with E-state index in [2.05, 4.69) is 25.5 Å². The van der Waals surface area contributed by atoms with Crippen LogP contribution in [-0.4, -0.2) is 43.1 Å². The largest absolute Gasteiger partial charge is 0.364 e. The zero-order chi connectivity index (χ0) is 16.9. The van der Waals surface area contributed by atoms with E-state index in [-0.39, 0.29) is 5.70 Å². The van der Waals surface area contributed by atoms with Crippen LogP contribution in [0.25, 0.3) is 6.08 Å². The van der Waals surface area contributed by atoms with Gasteiger partial charge >= 0.3 is 5.70 Å². The molecule has 10 heteroatoms. The fraction of sp³-hybridized carbons (Fsp3) is 0.214. The normalized spacial score (nSPS) is 16.5. The molecule has 1 aliphatic heterocycles. The highest BCUT2D eigenvalue weighted by atomic mass is 35.5. The first kappa shape index (κ1) is 15.9. The number of halogens is 1. The van der Waals surface area contributed by atoms with Crippen molar-refractivity contribution in [1.82, 2.24) is 30.4 Å². The third kappa shape index (κ3) is 3.69. The minimum Gasteiger partial charge on any atom is -0.364 e. The van der Waals surface area contributed by atoms with Gasteiger partial charge in [0, 0.05) is 31.9 Å². The Balaban J connectivity index is 1.85. The molecule has 9 nitrogen and oxygen atoms in total. The molecule has 3 rings (SSSR count). The number of rotatable bonds is 5. The van der Waals surface area contributed by atoms with Crippen molar-refractivity contribution in [3.63, 3.8) is 0 Å². The average molecular weight is 348 g/mol. The first-order valence-corrected chi connectivity index (χ1v) is 7.52. The summed E-state index contributed by atoms with van der Waals surface area (Å²) in [5, 5.41) is 21.3. The molecule has 3 heterocycles. The summed E-state index contributed by atoms with van der Waals surface area (Å²) in [6, 6.07) is 3.55. The maximum Gasteiger partial charge on any atom is 0.309 e. The van der Waals surface area contributed by atoms with Gasteiger partial charge in [-0.05, 0) is 17.7 Å². The predicted octanol–water partition coefficient (Wildman–Crippen LogP) is 1.42. The molecule has 1 saturated heterocycles. The Morgan fingerprint density at radius 1 is 1.46 bits per heavy atom. The summed E-state index contributed by atoms with van der Waals surface area (Å²) in [7, 11) is 0. The van der Waals surface area contributed by atoms with Gasteiger partial charge in [0.1, 0.15) is 17.3 Å². The molecule has 124 valence electrons. The third-order valence-electron chi connectivity index (χ3n) is 3.42. The van der Waals surface area contributed by atoms with Gasteiger partial charge in [0.05, 0.1) is 4.92 Å².